The number of benzene rings is 1. The zero-order valence-corrected chi connectivity index (χ0v) is 11.9. The van der Waals surface area contributed by atoms with Crippen LogP contribution in [-0.2, 0) is 10.9 Å². The van der Waals surface area contributed by atoms with Crippen LogP contribution in [0, 0.1) is 5.82 Å². The number of nitrogens with zero attached hydrogens (tertiary/aromatic N) is 3. The predicted octanol–water partition coefficient (Wildman–Crippen LogP) is 1.46. The van der Waals surface area contributed by atoms with Gasteiger partial charge in [0.2, 0.25) is 0 Å². The van der Waals surface area contributed by atoms with E-state index in [-0.39, 0.29) is 16.4 Å². The maximum absolute atomic E-state index is 12.9. The fraction of sp³-hybridized carbons (Fsp3) is 0.100. The lowest BCUT2D eigenvalue weighted by Gasteiger charge is -2.05. The van der Waals surface area contributed by atoms with Gasteiger partial charge in [-0.25, -0.2) is 4.39 Å². The molecule has 0 unspecified atom stereocenters. The summed E-state index contributed by atoms with van der Waals surface area (Å²) in [6, 6.07) is 3.42. The van der Waals surface area contributed by atoms with Gasteiger partial charge in [0.25, 0.3) is 5.91 Å². The highest BCUT2D eigenvalue weighted by Gasteiger charge is 2.18. The van der Waals surface area contributed by atoms with E-state index >= 15 is 0 Å². The first-order chi connectivity index (χ1) is 9.74. The van der Waals surface area contributed by atoms with E-state index in [9.17, 15) is 13.8 Å². The highest BCUT2D eigenvalue weighted by molar-refractivity contribution is 7.50. The fourth-order valence-corrected chi connectivity index (χ4v) is 2.09. The average molecular weight is 335 g/mol. The first-order valence-corrected chi connectivity index (χ1v) is 7.63. The molecule has 21 heavy (non-hydrogen) atoms. The number of hydrogen-bond acceptors (Lipinski definition) is 4. The minimum atomic E-state index is -4.34. The molecule has 0 fully saturated rings. The highest BCUT2D eigenvalue weighted by atomic mass is 35.5. The standard InChI is InChI=1S/C10H9ClFN4O4P/c11-7-3-6(12)1-2-8(7)14-10(17)9-4-13-16(15-9)5-21(18,19)20/h1-4H,5H2,(H,14,17)(H2,18,19,20). The molecule has 0 saturated carbocycles. The Morgan fingerprint density at radius 1 is 1.48 bits per heavy atom. The van der Waals surface area contributed by atoms with E-state index in [0.29, 0.717) is 4.80 Å². The van der Waals surface area contributed by atoms with Crippen LogP contribution in [0.3, 0.4) is 0 Å². The summed E-state index contributed by atoms with van der Waals surface area (Å²) in [5, 5.41) is 9.57. The minimum absolute atomic E-state index is 0.00552. The number of nitrogens with one attached hydrogen (secondary N) is 1. The molecule has 112 valence electrons. The second kappa shape index (κ2) is 5.90. The van der Waals surface area contributed by atoms with Crippen LogP contribution < -0.4 is 5.32 Å². The molecule has 0 bridgehead atoms. The van der Waals surface area contributed by atoms with Crippen molar-refractivity contribution in [3.05, 3.63) is 40.9 Å². The van der Waals surface area contributed by atoms with Crippen molar-refractivity contribution < 1.29 is 23.5 Å². The maximum Gasteiger partial charge on any atom is 0.348 e. The molecule has 1 aromatic carbocycles. The van der Waals surface area contributed by atoms with Crippen molar-refractivity contribution in [2.45, 2.75) is 6.29 Å². The number of halogens is 2. The number of anilines is 1. The third-order valence-corrected chi connectivity index (χ3v) is 3.19. The molecule has 3 N–H and O–H groups in total. The highest BCUT2D eigenvalue weighted by Crippen LogP contribution is 2.35. The first kappa shape index (κ1) is 15.6. The van der Waals surface area contributed by atoms with Crippen LogP contribution in [0.15, 0.2) is 24.4 Å². The Bertz CT molecular complexity index is 732. The quantitative estimate of drug-likeness (QED) is 0.729. The molecule has 1 heterocycles. The van der Waals surface area contributed by atoms with E-state index in [1.807, 2.05) is 0 Å². The summed E-state index contributed by atoms with van der Waals surface area (Å²) >= 11 is 5.75. The average Bonchev–Trinajstić information content (AvgIpc) is 2.78. The summed E-state index contributed by atoms with van der Waals surface area (Å²) in [4.78, 5) is 30.1. The van der Waals surface area contributed by atoms with Gasteiger partial charge in [0.1, 0.15) is 5.82 Å². The molecule has 11 heteroatoms. The molecule has 2 rings (SSSR count). The van der Waals surface area contributed by atoms with Crippen LogP contribution >= 0.6 is 19.2 Å². The maximum atomic E-state index is 12.9. The van der Waals surface area contributed by atoms with Crippen molar-refractivity contribution in [1.82, 2.24) is 15.0 Å². The predicted molar refractivity (Wildman–Crippen MR) is 71.4 cm³/mol. The number of carbonyl (C=O) groups is 1. The second-order valence-electron chi connectivity index (χ2n) is 3.99. The van der Waals surface area contributed by atoms with Crippen LogP contribution in [0.4, 0.5) is 10.1 Å². The van der Waals surface area contributed by atoms with Crippen molar-refractivity contribution in [2.75, 3.05) is 5.32 Å². The van der Waals surface area contributed by atoms with Crippen LogP contribution in [0.2, 0.25) is 5.02 Å². The third kappa shape index (κ3) is 4.33. The van der Waals surface area contributed by atoms with Crippen molar-refractivity contribution in [3.8, 4) is 0 Å². The van der Waals surface area contributed by atoms with Crippen molar-refractivity contribution in [1.29, 1.82) is 0 Å². The van der Waals surface area contributed by atoms with Gasteiger partial charge in [0.15, 0.2) is 12.0 Å². The van der Waals surface area contributed by atoms with Crippen molar-refractivity contribution >= 4 is 30.8 Å². The van der Waals surface area contributed by atoms with E-state index in [1.165, 1.54) is 6.07 Å². The third-order valence-electron chi connectivity index (χ3n) is 2.26. The molecule has 1 aromatic heterocycles. The van der Waals surface area contributed by atoms with E-state index in [2.05, 4.69) is 15.5 Å². The lowest BCUT2D eigenvalue weighted by Crippen LogP contribution is -2.14. The zero-order chi connectivity index (χ0) is 15.6. The van der Waals surface area contributed by atoms with Crippen LogP contribution in [0.1, 0.15) is 10.5 Å². The smallest absolute Gasteiger partial charge is 0.323 e. The lowest BCUT2D eigenvalue weighted by molar-refractivity contribution is 0.102. The molecule has 2 aromatic rings. The van der Waals surface area contributed by atoms with Crippen molar-refractivity contribution in [3.63, 3.8) is 0 Å². The SMILES string of the molecule is O=C(Nc1ccc(F)cc1Cl)c1cnn(CP(=O)(O)O)n1. The topological polar surface area (TPSA) is 117 Å². The minimum Gasteiger partial charge on any atom is -0.323 e. The Labute approximate surface area is 122 Å². The van der Waals surface area contributed by atoms with Crippen LogP contribution in [0.5, 0.6) is 0 Å². The molecule has 0 atom stereocenters. The van der Waals surface area contributed by atoms with Crippen LogP contribution in [-0.4, -0.2) is 30.7 Å². The summed E-state index contributed by atoms with van der Waals surface area (Å²) in [6.07, 6.45) is 0.306. The Morgan fingerprint density at radius 3 is 2.81 bits per heavy atom. The largest absolute Gasteiger partial charge is 0.348 e. The van der Waals surface area contributed by atoms with Gasteiger partial charge in [-0.05, 0) is 18.2 Å². The van der Waals surface area contributed by atoms with Gasteiger partial charge in [-0.1, -0.05) is 11.6 Å². The Hall–Kier alpha value is -1.80. The summed E-state index contributed by atoms with van der Waals surface area (Å²) in [5.41, 5.74) is 0.0106. The van der Waals surface area contributed by atoms with Crippen LogP contribution in [0.25, 0.3) is 0 Å². The number of amides is 1. The zero-order valence-electron chi connectivity index (χ0n) is 10.3. The summed E-state index contributed by atoms with van der Waals surface area (Å²) < 4.78 is 23.7. The molecule has 8 nitrogen and oxygen atoms in total. The summed E-state index contributed by atoms with van der Waals surface area (Å²) in [7, 11) is -4.34. The molecule has 0 aliphatic carbocycles. The fourth-order valence-electron chi connectivity index (χ4n) is 1.41. The molecule has 0 aliphatic rings. The molecular weight excluding hydrogens is 326 g/mol. The molecule has 0 aliphatic heterocycles. The Morgan fingerprint density at radius 2 is 2.19 bits per heavy atom. The number of aromatic nitrogens is 3. The second-order valence-corrected chi connectivity index (χ2v) is 6.01. The normalized spacial score (nSPS) is 11.4. The van der Waals surface area contributed by atoms with Gasteiger partial charge in [-0.3, -0.25) is 9.36 Å². The Balaban J connectivity index is 2.12. The molecular formula is C10H9ClFN4O4P. The Kier molecular flexibility index (Phi) is 4.38. The molecule has 1 amide bonds. The molecule has 0 spiro atoms. The monoisotopic (exact) mass is 334 g/mol. The summed E-state index contributed by atoms with van der Waals surface area (Å²) in [6.45, 7) is 0. The van der Waals surface area contributed by atoms with E-state index in [4.69, 9.17) is 21.4 Å². The van der Waals surface area contributed by atoms with E-state index in [0.717, 1.165) is 18.3 Å². The molecule has 0 saturated heterocycles. The first-order valence-electron chi connectivity index (χ1n) is 5.46. The van der Waals surface area contributed by atoms with Gasteiger partial charge in [0.05, 0.1) is 16.9 Å². The van der Waals surface area contributed by atoms with Gasteiger partial charge in [-0.2, -0.15) is 9.90 Å². The van der Waals surface area contributed by atoms with Gasteiger partial charge in [0, 0.05) is 0 Å². The number of carbonyl (C=O) groups excluding carboxylic acids is 1. The number of hydrogen-bond donors (Lipinski definition) is 3. The van der Waals surface area contributed by atoms with Crippen molar-refractivity contribution in [2.24, 2.45) is 0 Å². The summed E-state index contributed by atoms with van der Waals surface area (Å²) in [5.74, 6) is -1.24. The lowest BCUT2D eigenvalue weighted by atomic mass is 10.3. The van der Waals surface area contributed by atoms with E-state index < -0.39 is 25.6 Å². The van der Waals surface area contributed by atoms with Gasteiger partial charge >= 0.3 is 7.60 Å². The molecule has 0 radical (unpaired) electrons. The number of rotatable bonds is 4. The van der Waals surface area contributed by atoms with Gasteiger partial charge in [-0.15, -0.1) is 5.10 Å². The van der Waals surface area contributed by atoms with Gasteiger partial charge < -0.3 is 15.1 Å². The van der Waals surface area contributed by atoms with E-state index in [1.54, 1.807) is 0 Å².